The maximum Gasteiger partial charge on any atom is 0.336 e. The second-order valence-electron chi connectivity index (χ2n) is 8.50. The Morgan fingerprint density at radius 1 is 0.610 bits per heavy atom. The second kappa shape index (κ2) is 14.5. The average molecular weight is 571 g/mol. The number of carbonyl (C=O) groups excluding carboxylic acids is 6. The molecule has 0 fully saturated rings. The Labute approximate surface area is 231 Å². The predicted octanol–water partition coefficient (Wildman–Crippen LogP) is -0.419. The van der Waals surface area contributed by atoms with Gasteiger partial charge < -0.3 is 37.1 Å². The standard InChI is InChI=1S/C26H26N4O11/c27-19(31)11-9-17(29-21(33)13-5-1-3-7-15(13)23(35)36)25(39)41-26(40)18(10-12-20(28)32)30-22(34)14-6-2-4-8-16(14)24(37)38/h1-8,17-18H,9-12H2,(H2,27,31)(H2,28,32)(H,29,33)(H,30,34)(H,35,36)(H,37,38). The highest BCUT2D eigenvalue weighted by Gasteiger charge is 2.31. The first-order valence-corrected chi connectivity index (χ1v) is 11.9. The molecule has 15 heteroatoms. The van der Waals surface area contributed by atoms with Gasteiger partial charge in [0.15, 0.2) is 0 Å². The number of hydrogen-bond acceptors (Lipinski definition) is 9. The summed E-state index contributed by atoms with van der Waals surface area (Å²) >= 11 is 0. The number of nitrogens with two attached hydrogens (primary N) is 2. The third kappa shape index (κ3) is 9.27. The third-order valence-corrected chi connectivity index (χ3v) is 5.54. The van der Waals surface area contributed by atoms with Crippen LogP contribution in [0.15, 0.2) is 48.5 Å². The highest BCUT2D eigenvalue weighted by atomic mass is 16.6. The van der Waals surface area contributed by atoms with Gasteiger partial charge >= 0.3 is 23.9 Å². The summed E-state index contributed by atoms with van der Waals surface area (Å²) < 4.78 is 4.82. The molecule has 2 atom stereocenters. The van der Waals surface area contributed by atoms with Crippen molar-refractivity contribution in [3.05, 3.63) is 70.8 Å². The zero-order chi connectivity index (χ0) is 30.7. The van der Waals surface area contributed by atoms with Crippen molar-refractivity contribution in [3.63, 3.8) is 0 Å². The molecule has 2 aromatic rings. The molecule has 0 radical (unpaired) electrons. The smallest absolute Gasteiger partial charge is 0.336 e. The molecule has 0 bridgehead atoms. The van der Waals surface area contributed by atoms with E-state index in [2.05, 4.69) is 10.6 Å². The minimum absolute atomic E-state index is 0.327. The summed E-state index contributed by atoms with van der Waals surface area (Å²) in [6.07, 6.45) is -1.76. The van der Waals surface area contributed by atoms with Crippen molar-refractivity contribution in [1.29, 1.82) is 0 Å². The summed E-state index contributed by atoms with van der Waals surface area (Å²) in [5, 5.41) is 23.1. The Morgan fingerprint density at radius 3 is 1.22 bits per heavy atom. The SMILES string of the molecule is NC(=O)CCC(NC(=O)c1ccccc1C(=O)O)C(=O)OC(=O)C(CCC(N)=O)NC(=O)c1ccccc1C(=O)O. The molecule has 2 rings (SSSR count). The maximum absolute atomic E-state index is 12.9. The summed E-state index contributed by atoms with van der Waals surface area (Å²) in [5.74, 6) is -9.44. The van der Waals surface area contributed by atoms with Crippen LogP contribution < -0.4 is 22.1 Å². The minimum atomic E-state index is -1.67. The minimum Gasteiger partial charge on any atom is -0.478 e. The molecule has 41 heavy (non-hydrogen) atoms. The number of aromatic carboxylic acids is 2. The van der Waals surface area contributed by atoms with E-state index in [-0.39, 0.29) is 22.3 Å². The lowest BCUT2D eigenvalue weighted by atomic mass is 10.0. The van der Waals surface area contributed by atoms with Crippen LogP contribution in [-0.2, 0) is 23.9 Å². The van der Waals surface area contributed by atoms with E-state index in [0.717, 1.165) is 12.1 Å². The number of hydrogen-bond donors (Lipinski definition) is 6. The van der Waals surface area contributed by atoms with Gasteiger partial charge in [0, 0.05) is 12.8 Å². The molecule has 0 aromatic heterocycles. The molecule has 2 unspecified atom stereocenters. The number of amides is 4. The van der Waals surface area contributed by atoms with Crippen molar-refractivity contribution in [2.45, 2.75) is 37.8 Å². The van der Waals surface area contributed by atoms with E-state index in [1.54, 1.807) is 0 Å². The summed E-state index contributed by atoms with van der Waals surface area (Å²) in [7, 11) is 0. The summed E-state index contributed by atoms with van der Waals surface area (Å²) in [6, 6.07) is 6.78. The first-order chi connectivity index (χ1) is 19.3. The van der Waals surface area contributed by atoms with Crippen molar-refractivity contribution in [2.24, 2.45) is 11.5 Å². The number of rotatable bonds is 14. The number of carbonyl (C=O) groups is 8. The molecular weight excluding hydrogens is 544 g/mol. The van der Waals surface area contributed by atoms with E-state index in [9.17, 15) is 48.6 Å². The molecule has 0 aliphatic heterocycles. The van der Waals surface area contributed by atoms with Crippen LogP contribution in [0.25, 0.3) is 0 Å². The molecular formula is C26H26N4O11. The van der Waals surface area contributed by atoms with Gasteiger partial charge in [0.25, 0.3) is 11.8 Å². The van der Waals surface area contributed by atoms with Crippen LogP contribution in [-0.4, -0.2) is 69.8 Å². The van der Waals surface area contributed by atoms with Crippen molar-refractivity contribution >= 4 is 47.5 Å². The van der Waals surface area contributed by atoms with E-state index < -0.39 is 85.3 Å². The number of nitrogens with one attached hydrogen (secondary N) is 2. The summed E-state index contributed by atoms with van der Waals surface area (Å²) in [5.41, 5.74) is 8.82. The zero-order valence-corrected chi connectivity index (χ0v) is 21.3. The Hall–Kier alpha value is -5.60. The Kier molecular flexibility index (Phi) is 11.2. The topological polar surface area (TPSA) is 262 Å². The molecule has 4 amide bonds. The number of benzene rings is 2. The fraction of sp³-hybridized carbons (Fsp3) is 0.231. The lowest BCUT2D eigenvalue weighted by Gasteiger charge is -2.20. The van der Waals surface area contributed by atoms with Gasteiger partial charge in [-0.3, -0.25) is 19.2 Å². The van der Waals surface area contributed by atoms with E-state index in [4.69, 9.17) is 16.2 Å². The largest absolute Gasteiger partial charge is 0.478 e. The molecule has 0 heterocycles. The first-order valence-electron chi connectivity index (χ1n) is 11.9. The molecule has 0 aliphatic carbocycles. The Morgan fingerprint density at radius 2 is 0.927 bits per heavy atom. The Bertz CT molecular complexity index is 1290. The molecule has 15 nitrogen and oxygen atoms in total. The molecule has 0 saturated carbocycles. The van der Waals surface area contributed by atoms with Gasteiger partial charge in [-0.1, -0.05) is 24.3 Å². The van der Waals surface area contributed by atoms with Gasteiger partial charge in [-0.15, -0.1) is 0 Å². The lowest BCUT2D eigenvalue weighted by molar-refractivity contribution is -0.162. The van der Waals surface area contributed by atoms with Crippen molar-refractivity contribution in [1.82, 2.24) is 10.6 Å². The van der Waals surface area contributed by atoms with Crippen LogP contribution in [0.3, 0.4) is 0 Å². The van der Waals surface area contributed by atoms with Crippen LogP contribution in [0.2, 0.25) is 0 Å². The van der Waals surface area contributed by atoms with E-state index in [1.807, 2.05) is 0 Å². The monoisotopic (exact) mass is 570 g/mol. The normalized spacial score (nSPS) is 11.8. The molecule has 216 valence electrons. The van der Waals surface area contributed by atoms with Crippen LogP contribution in [0.5, 0.6) is 0 Å². The van der Waals surface area contributed by atoms with Crippen molar-refractivity contribution in [2.75, 3.05) is 0 Å². The van der Waals surface area contributed by atoms with Gasteiger partial charge in [0.1, 0.15) is 12.1 Å². The number of primary amides is 2. The van der Waals surface area contributed by atoms with Crippen LogP contribution in [0.4, 0.5) is 0 Å². The molecule has 0 saturated heterocycles. The first kappa shape index (κ1) is 31.6. The lowest BCUT2D eigenvalue weighted by Crippen LogP contribution is -2.47. The zero-order valence-electron chi connectivity index (χ0n) is 21.3. The van der Waals surface area contributed by atoms with Crippen LogP contribution >= 0.6 is 0 Å². The van der Waals surface area contributed by atoms with Gasteiger partial charge in [0.05, 0.1) is 22.3 Å². The predicted molar refractivity (Wildman–Crippen MR) is 137 cm³/mol. The number of esters is 2. The van der Waals surface area contributed by atoms with E-state index in [0.29, 0.717) is 0 Å². The van der Waals surface area contributed by atoms with Crippen molar-refractivity contribution in [3.8, 4) is 0 Å². The fourth-order valence-corrected chi connectivity index (χ4v) is 3.52. The second-order valence-corrected chi connectivity index (χ2v) is 8.50. The quantitative estimate of drug-likeness (QED) is 0.125. The van der Waals surface area contributed by atoms with Gasteiger partial charge in [-0.2, -0.15) is 0 Å². The number of ether oxygens (including phenoxy) is 1. The number of carboxylic acids is 2. The molecule has 0 spiro atoms. The summed E-state index contributed by atoms with van der Waals surface area (Å²) in [6.45, 7) is 0. The fourth-order valence-electron chi connectivity index (χ4n) is 3.52. The maximum atomic E-state index is 12.9. The Balaban J connectivity index is 2.27. The number of carboxylic acid groups (broad SMARTS) is 2. The average Bonchev–Trinajstić information content (AvgIpc) is 2.92. The molecule has 8 N–H and O–H groups in total. The highest BCUT2D eigenvalue weighted by molar-refractivity contribution is 6.07. The van der Waals surface area contributed by atoms with Crippen molar-refractivity contribution < 1.29 is 53.3 Å². The van der Waals surface area contributed by atoms with Gasteiger partial charge in [0.2, 0.25) is 11.8 Å². The highest BCUT2D eigenvalue weighted by Crippen LogP contribution is 2.13. The molecule has 0 aliphatic rings. The van der Waals surface area contributed by atoms with E-state index >= 15 is 0 Å². The van der Waals surface area contributed by atoms with E-state index in [1.165, 1.54) is 36.4 Å². The van der Waals surface area contributed by atoms with Crippen LogP contribution in [0.1, 0.15) is 67.1 Å². The van der Waals surface area contributed by atoms with Gasteiger partial charge in [-0.25, -0.2) is 19.2 Å². The summed E-state index contributed by atoms with van der Waals surface area (Å²) in [4.78, 5) is 96.9. The third-order valence-electron chi connectivity index (χ3n) is 5.54. The van der Waals surface area contributed by atoms with Crippen LogP contribution in [0, 0.1) is 0 Å². The van der Waals surface area contributed by atoms with Gasteiger partial charge in [-0.05, 0) is 37.1 Å². The molecule has 2 aromatic carbocycles.